The topological polar surface area (TPSA) is 54.5 Å². The van der Waals surface area contributed by atoms with E-state index in [-0.39, 0.29) is 12.3 Å². The summed E-state index contributed by atoms with van der Waals surface area (Å²) in [5.74, 6) is 0.405. The van der Waals surface area contributed by atoms with Gasteiger partial charge in [0.15, 0.2) is 9.84 Å². The zero-order valence-corrected chi connectivity index (χ0v) is 18.5. The lowest BCUT2D eigenvalue weighted by molar-refractivity contribution is -0.130. The SMILES string of the molecule is CC(C)S(=O)(=O)c1ccc(CC(=O)N2CCCCC(c3ccc(Cl)cc3)C2)cc1. The van der Waals surface area contributed by atoms with Gasteiger partial charge >= 0.3 is 0 Å². The average molecular weight is 434 g/mol. The van der Waals surface area contributed by atoms with Gasteiger partial charge in [0.1, 0.15) is 0 Å². The third-order valence-corrected chi connectivity index (χ3v) is 8.02. The molecule has 2 aromatic rings. The Labute approximate surface area is 178 Å². The van der Waals surface area contributed by atoms with Crippen LogP contribution in [0.1, 0.15) is 50.2 Å². The Bertz CT molecular complexity index is 937. The molecule has 0 spiro atoms. The molecular weight excluding hydrogens is 406 g/mol. The summed E-state index contributed by atoms with van der Waals surface area (Å²) in [6.07, 6.45) is 3.45. The van der Waals surface area contributed by atoms with Gasteiger partial charge in [0.2, 0.25) is 5.91 Å². The summed E-state index contributed by atoms with van der Waals surface area (Å²) < 4.78 is 24.5. The van der Waals surface area contributed by atoms with Crippen LogP contribution >= 0.6 is 11.6 Å². The largest absolute Gasteiger partial charge is 0.342 e. The highest BCUT2D eigenvalue weighted by atomic mass is 35.5. The minimum absolute atomic E-state index is 0.0883. The van der Waals surface area contributed by atoms with Crippen LogP contribution in [0, 0.1) is 0 Å². The second kappa shape index (κ2) is 9.31. The highest BCUT2D eigenvalue weighted by molar-refractivity contribution is 7.92. The van der Waals surface area contributed by atoms with Gasteiger partial charge < -0.3 is 4.90 Å². The van der Waals surface area contributed by atoms with E-state index in [1.54, 1.807) is 38.1 Å². The maximum atomic E-state index is 12.9. The van der Waals surface area contributed by atoms with Crippen molar-refractivity contribution in [3.8, 4) is 0 Å². The lowest BCUT2D eigenvalue weighted by Gasteiger charge is -2.25. The van der Waals surface area contributed by atoms with Crippen LogP contribution in [0.15, 0.2) is 53.4 Å². The number of hydrogen-bond acceptors (Lipinski definition) is 3. The van der Waals surface area contributed by atoms with E-state index in [2.05, 4.69) is 12.1 Å². The number of amides is 1. The van der Waals surface area contributed by atoms with Crippen molar-refractivity contribution in [3.63, 3.8) is 0 Å². The number of carbonyl (C=O) groups excluding carboxylic acids is 1. The molecule has 1 saturated heterocycles. The van der Waals surface area contributed by atoms with Gasteiger partial charge in [0.05, 0.1) is 16.6 Å². The highest BCUT2D eigenvalue weighted by Crippen LogP contribution is 2.28. The second-order valence-electron chi connectivity index (χ2n) is 8.00. The average Bonchev–Trinajstić information content (AvgIpc) is 2.95. The molecule has 1 atom stereocenters. The van der Waals surface area contributed by atoms with E-state index in [1.165, 1.54) is 5.56 Å². The molecule has 1 amide bonds. The van der Waals surface area contributed by atoms with E-state index in [4.69, 9.17) is 11.6 Å². The van der Waals surface area contributed by atoms with Crippen LogP contribution in [0.4, 0.5) is 0 Å². The number of carbonyl (C=O) groups is 1. The van der Waals surface area contributed by atoms with Crippen LogP contribution in [0.2, 0.25) is 5.02 Å². The minimum atomic E-state index is -3.29. The van der Waals surface area contributed by atoms with Gasteiger partial charge in [0, 0.05) is 24.0 Å². The highest BCUT2D eigenvalue weighted by Gasteiger charge is 2.24. The summed E-state index contributed by atoms with van der Waals surface area (Å²) in [4.78, 5) is 15.2. The van der Waals surface area contributed by atoms with E-state index in [0.29, 0.717) is 17.4 Å². The van der Waals surface area contributed by atoms with Gasteiger partial charge in [0.25, 0.3) is 0 Å². The smallest absolute Gasteiger partial charge is 0.227 e. The molecule has 0 aliphatic carbocycles. The van der Waals surface area contributed by atoms with Crippen molar-refractivity contribution < 1.29 is 13.2 Å². The normalized spacial score (nSPS) is 17.9. The Hall–Kier alpha value is -1.85. The first-order valence-corrected chi connectivity index (χ1v) is 12.1. The number of sulfone groups is 1. The Balaban J connectivity index is 1.68. The van der Waals surface area contributed by atoms with Gasteiger partial charge in [-0.05, 0) is 62.1 Å². The summed E-state index contributed by atoms with van der Waals surface area (Å²) in [6, 6.07) is 14.6. The van der Waals surface area contributed by atoms with Crippen molar-refractivity contribution in [1.82, 2.24) is 4.90 Å². The molecule has 1 fully saturated rings. The van der Waals surface area contributed by atoms with E-state index in [0.717, 1.165) is 36.4 Å². The lowest BCUT2D eigenvalue weighted by atomic mass is 9.94. The maximum Gasteiger partial charge on any atom is 0.227 e. The van der Waals surface area contributed by atoms with E-state index in [9.17, 15) is 13.2 Å². The molecule has 2 aromatic carbocycles. The molecule has 4 nitrogen and oxygen atoms in total. The summed E-state index contributed by atoms with van der Waals surface area (Å²) in [7, 11) is -3.29. The molecule has 0 N–H and O–H groups in total. The molecule has 0 saturated carbocycles. The molecule has 6 heteroatoms. The third-order valence-electron chi connectivity index (χ3n) is 5.59. The fourth-order valence-electron chi connectivity index (χ4n) is 3.73. The van der Waals surface area contributed by atoms with Gasteiger partial charge in [-0.2, -0.15) is 0 Å². The Kier molecular flexibility index (Phi) is 7.01. The zero-order valence-electron chi connectivity index (χ0n) is 17.0. The molecule has 156 valence electrons. The molecule has 29 heavy (non-hydrogen) atoms. The van der Waals surface area contributed by atoms with Crippen molar-refractivity contribution in [3.05, 3.63) is 64.7 Å². The number of benzene rings is 2. The van der Waals surface area contributed by atoms with Crippen LogP contribution < -0.4 is 0 Å². The molecule has 3 rings (SSSR count). The predicted octanol–water partition coefficient (Wildman–Crippen LogP) is 4.86. The third kappa shape index (κ3) is 5.40. The van der Waals surface area contributed by atoms with E-state index < -0.39 is 15.1 Å². The monoisotopic (exact) mass is 433 g/mol. The number of rotatable bonds is 5. The van der Waals surface area contributed by atoms with Gasteiger partial charge in [-0.3, -0.25) is 4.79 Å². The number of halogens is 1. The van der Waals surface area contributed by atoms with Crippen LogP contribution in [0.3, 0.4) is 0 Å². The standard InChI is InChI=1S/C23H28ClNO3S/c1-17(2)29(27,28)22-12-6-18(7-13-22)15-23(26)25-14-4-3-5-20(16-25)19-8-10-21(24)11-9-19/h6-13,17,20H,3-5,14-16H2,1-2H3. The van der Waals surface area contributed by atoms with Gasteiger partial charge in [-0.25, -0.2) is 8.42 Å². The molecule has 1 aliphatic rings. The number of nitrogens with zero attached hydrogens (tertiary/aromatic N) is 1. The molecule has 0 aromatic heterocycles. The van der Waals surface area contributed by atoms with Crippen LogP contribution in [0.25, 0.3) is 0 Å². The fourth-order valence-corrected chi connectivity index (χ4v) is 4.92. The molecule has 1 aliphatic heterocycles. The first-order chi connectivity index (χ1) is 13.8. The quantitative estimate of drug-likeness (QED) is 0.676. The maximum absolute atomic E-state index is 12.9. The Morgan fingerprint density at radius 1 is 1.07 bits per heavy atom. The molecule has 0 radical (unpaired) electrons. The van der Waals surface area contributed by atoms with Crippen LogP contribution in [-0.2, 0) is 21.1 Å². The minimum Gasteiger partial charge on any atom is -0.342 e. The molecule has 1 unspecified atom stereocenters. The van der Waals surface area contributed by atoms with E-state index in [1.807, 2.05) is 17.0 Å². The molecule has 1 heterocycles. The van der Waals surface area contributed by atoms with Crippen molar-refractivity contribution in [2.75, 3.05) is 13.1 Å². The lowest BCUT2D eigenvalue weighted by Crippen LogP contribution is -2.35. The zero-order chi connectivity index (χ0) is 21.0. The number of likely N-dealkylation sites (tertiary alicyclic amines) is 1. The Morgan fingerprint density at radius 3 is 2.34 bits per heavy atom. The summed E-state index contributed by atoms with van der Waals surface area (Å²) in [5, 5.41) is 0.259. The first kappa shape index (κ1) is 21.8. The molecular formula is C23H28ClNO3S. The second-order valence-corrected chi connectivity index (χ2v) is 10.9. The summed E-state index contributed by atoms with van der Waals surface area (Å²) in [5.41, 5.74) is 2.06. The summed E-state index contributed by atoms with van der Waals surface area (Å²) in [6.45, 7) is 4.81. The first-order valence-electron chi connectivity index (χ1n) is 10.1. The number of hydrogen-bond donors (Lipinski definition) is 0. The van der Waals surface area contributed by atoms with Gasteiger partial charge in [-0.1, -0.05) is 42.3 Å². The summed E-state index contributed by atoms with van der Waals surface area (Å²) >= 11 is 6.01. The van der Waals surface area contributed by atoms with Gasteiger partial charge in [-0.15, -0.1) is 0 Å². The Morgan fingerprint density at radius 2 is 1.72 bits per heavy atom. The van der Waals surface area contributed by atoms with Crippen molar-refractivity contribution >= 4 is 27.3 Å². The predicted molar refractivity (Wildman–Crippen MR) is 117 cm³/mol. The van der Waals surface area contributed by atoms with Crippen molar-refractivity contribution in [1.29, 1.82) is 0 Å². The fraction of sp³-hybridized carbons (Fsp3) is 0.435. The molecule has 0 bridgehead atoms. The van der Waals surface area contributed by atoms with Crippen molar-refractivity contribution in [2.45, 2.75) is 55.6 Å². The van der Waals surface area contributed by atoms with E-state index >= 15 is 0 Å². The van der Waals surface area contributed by atoms with Crippen LogP contribution in [0.5, 0.6) is 0 Å². The van der Waals surface area contributed by atoms with Crippen molar-refractivity contribution in [2.24, 2.45) is 0 Å². The van der Waals surface area contributed by atoms with Crippen LogP contribution in [-0.4, -0.2) is 37.6 Å².